The SMILES string of the molecule is COC(=O)C(Cc1ccccc1)NC(=O)Cc1c(C)c2cc3c(C)coc3cc2oc1=O. The van der Waals surface area contributed by atoms with Crippen LogP contribution in [0.2, 0.25) is 0 Å². The summed E-state index contributed by atoms with van der Waals surface area (Å²) in [5.41, 5.74) is 3.19. The maximum Gasteiger partial charge on any atom is 0.340 e. The highest BCUT2D eigenvalue weighted by Crippen LogP contribution is 2.28. The number of aryl methyl sites for hydroxylation is 2. The molecule has 0 saturated heterocycles. The zero-order chi connectivity index (χ0) is 22.8. The third kappa shape index (κ3) is 4.14. The minimum absolute atomic E-state index is 0.213. The third-order valence-electron chi connectivity index (χ3n) is 5.62. The zero-order valence-corrected chi connectivity index (χ0v) is 18.1. The molecule has 0 aliphatic heterocycles. The standard InChI is InChI=1S/C25H23NO6/c1-14-13-31-21-12-22-18(10-17(14)21)15(2)19(24(28)32-22)11-23(27)26-20(25(29)30-3)9-16-7-5-4-6-8-16/h4-8,10,12-13,20H,9,11H2,1-3H3,(H,26,27). The predicted molar refractivity (Wildman–Crippen MR) is 120 cm³/mol. The van der Waals surface area contributed by atoms with E-state index in [4.69, 9.17) is 13.6 Å². The molecule has 1 unspecified atom stereocenters. The molecule has 7 nitrogen and oxygen atoms in total. The van der Waals surface area contributed by atoms with Crippen molar-refractivity contribution in [3.63, 3.8) is 0 Å². The molecule has 0 radical (unpaired) electrons. The number of amides is 1. The number of fused-ring (bicyclic) bond motifs is 2. The first-order valence-corrected chi connectivity index (χ1v) is 10.2. The maximum atomic E-state index is 12.8. The average Bonchev–Trinajstić information content (AvgIpc) is 3.15. The van der Waals surface area contributed by atoms with Crippen LogP contribution >= 0.6 is 0 Å². The Morgan fingerprint density at radius 3 is 2.53 bits per heavy atom. The summed E-state index contributed by atoms with van der Waals surface area (Å²) >= 11 is 0. The Balaban J connectivity index is 1.61. The number of nitrogens with one attached hydrogen (secondary N) is 1. The fraction of sp³-hybridized carbons (Fsp3) is 0.240. The number of rotatable bonds is 6. The Labute approximate surface area is 184 Å². The van der Waals surface area contributed by atoms with Gasteiger partial charge in [-0.05, 0) is 36.6 Å². The molecule has 0 aliphatic carbocycles. The van der Waals surface area contributed by atoms with E-state index in [9.17, 15) is 14.4 Å². The number of methoxy groups -OCH3 is 1. The lowest BCUT2D eigenvalue weighted by molar-refractivity contribution is -0.145. The van der Waals surface area contributed by atoms with E-state index in [2.05, 4.69) is 5.32 Å². The fourth-order valence-electron chi connectivity index (χ4n) is 3.83. The summed E-state index contributed by atoms with van der Waals surface area (Å²) in [4.78, 5) is 37.6. The molecule has 1 N–H and O–H groups in total. The van der Waals surface area contributed by atoms with Crippen LogP contribution in [0.1, 0.15) is 22.3 Å². The molecule has 0 spiro atoms. The monoisotopic (exact) mass is 433 g/mol. The van der Waals surface area contributed by atoms with Crippen LogP contribution in [0, 0.1) is 13.8 Å². The summed E-state index contributed by atoms with van der Waals surface area (Å²) in [6.45, 7) is 3.71. The first-order valence-electron chi connectivity index (χ1n) is 10.2. The lowest BCUT2D eigenvalue weighted by Gasteiger charge is -2.17. The van der Waals surface area contributed by atoms with Gasteiger partial charge in [0.2, 0.25) is 5.91 Å². The molecular formula is C25H23NO6. The summed E-state index contributed by atoms with van der Waals surface area (Å²) in [6, 6.07) is 12.0. The number of hydrogen-bond acceptors (Lipinski definition) is 6. The molecule has 4 aromatic rings. The van der Waals surface area contributed by atoms with Crippen molar-refractivity contribution in [2.24, 2.45) is 0 Å². The first kappa shape index (κ1) is 21.4. The van der Waals surface area contributed by atoms with E-state index in [1.165, 1.54) is 7.11 Å². The van der Waals surface area contributed by atoms with E-state index < -0.39 is 23.5 Å². The number of esters is 1. The number of furan rings is 1. The van der Waals surface area contributed by atoms with Gasteiger partial charge in [-0.25, -0.2) is 9.59 Å². The maximum absolute atomic E-state index is 12.8. The van der Waals surface area contributed by atoms with Gasteiger partial charge >= 0.3 is 11.6 Å². The average molecular weight is 433 g/mol. The molecule has 4 rings (SSSR count). The van der Waals surface area contributed by atoms with E-state index in [0.29, 0.717) is 16.7 Å². The van der Waals surface area contributed by atoms with Crippen molar-refractivity contribution >= 4 is 33.8 Å². The van der Waals surface area contributed by atoms with Crippen molar-refractivity contribution in [3.8, 4) is 0 Å². The highest BCUT2D eigenvalue weighted by molar-refractivity contribution is 5.96. The van der Waals surface area contributed by atoms with Gasteiger partial charge in [-0.15, -0.1) is 0 Å². The zero-order valence-electron chi connectivity index (χ0n) is 18.1. The number of carbonyl (C=O) groups is 2. The quantitative estimate of drug-likeness (QED) is 0.369. The second kappa shape index (κ2) is 8.70. The molecule has 7 heteroatoms. The Morgan fingerprint density at radius 1 is 1.06 bits per heavy atom. The van der Waals surface area contributed by atoms with Gasteiger partial charge in [0.25, 0.3) is 0 Å². The van der Waals surface area contributed by atoms with Crippen LogP contribution in [0.25, 0.3) is 21.9 Å². The summed E-state index contributed by atoms with van der Waals surface area (Å²) in [7, 11) is 1.27. The molecule has 164 valence electrons. The molecular weight excluding hydrogens is 410 g/mol. The van der Waals surface area contributed by atoms with Gasteiger partial charge in [0.1, 0.15) is 17.2 Å². The summed E-state index contributed by atoms with van der Waals surface area (Å²) in [5, 5.41) is 4.34. The number of benzene rings is 2. The Morgan fingerprint density at radius 2 is 1.81 bits per heavy atom. The van der Waals surface area contributed by atoms with Crippen molar-refractivity contribution in [3.05, 3.63) is 81.4 Å². The van der Waals surface area contributed by atoms with E-state index in [1.807, 2.05) is 43.3 Å². The Kier molecular flexibility index (Phi) is 5.81. The Bertz CT molecular complexity index is 1370. The van der Waals surface area contributed by atoms with Crippen LogP contribution in [0.15, 0.2) is 62.4 Å². The molecule has 32 heavy (non-hydrogen) atoms. The lowest BCUT2D eigenvalue weighted by atomic mass is 10.0. The van der Waals surface area contributed by atoms with E-state index in [0.717, 1.165) is 21.9 Å². The van der Waals surface area contributed by atoms with Crippen LogP contribution in [0.5, 0.6) is 0 Å². The second-order valence-corrected chi connectivity index (χ2v) is 7.77. The van der Waals surface area contributed by atoms with Crippen LogP contribution in [0.4, 0.5) is 0 Å². The molecule has 0 bridgehead atoms. The molecule has 1 amide bonds. The Hall–Kier alpha value is -3.87. The van der Waals surface area contributed by atoms with Crippen molar-refractivity contribution in [1.82, 2.24) is 5.32 Å². The largest absolute Gasteiger partial charge is 0.467 e. The minimum atomic E-state index is -0.865. The molecule has 2 aromatic carbocycles. The smallest absolute Gasteiger partial charge is 0.340 e. The van der Waals surface area contributed by atoms with Gasteiger partial charge in [-0.3, -0.25) is 4.79 Å². The summed E-state index contributed by atoms with van der Waals surface area (Å²) in [5.74, 6) is -1.02. The third-order valence-corrected chi connectivity index (χ3v) is 5.62. The molecule has 0 fully saturated rings. The van der Waals surface area contributed by atoms with Gasteiger partial charge in [0, 0.05) is 23.3 Å². The molecule has 0 saturated carbocycles. The van der Waals surface area contributed by atoms with Gasteiger partial charge < -0.3 is 18.9 Å². The van der Waals surface area contributed by atoms with Crippen molar-refractivity contribution in [2.45, 2.75) is 32.7 Å². The molecule has 2 heterocycles. The summed E-state index contributed by atoms with van der Waals surface area (Å²) < 4.78 is 15.8. The van der Waals surface area contributed by atoms with Gasteiger partial charge in [0.15, 0.2) is 0 Å². The topological polar surface area (TPSA) is 98.8 Å². The minimum Gasteiger partial charge on any atom is -0.467 e. The second-order valence-electron chi connectivity index (χ2n) is 7.77. The number of hydrogen-bond donors (Lipinski definition) is 1. The van der Waals surface area contributed by atoms with E-state index >= 15 is 0 Å². The first-order chi connectivity index (χ1) is 15.4. The molecule has 0 aliphatic rings. The normalized spacial score (nSPS) is 12.1. The van der Waals surface area contributed by atoms with Crippen LogP contribution in [-0.4, -0.2) is 25.0 Å². The fourth-order valence-corrected chi connectivity index (χ4v) is 3.83. The molecule has 1 atom stereocenters. The van der Waals surface area contributed by atoms with Gasteiger partial charge in [-0.2, -0.15) is 0 Å². The summed E-state index contributed by atoms with van der Waals surface area (Å²) in [6.07, 6.45) is 1.71. The molecule has 2 aromatic heterocycles. The van der Waals surface area contributed by atoms with E-state index in [1.54, 1.807) is 19.3 Å². The van der Waals surface area contributed by atoms with Gasteiger partial charge in [-0.1, -0.05) is 30.3 Å². The highest BCUT2D eigenvalue weighted by Gasteiger charge is 2.24. The van der Waals surface area contributed by atoms with E-state index in [-0.39, 0.29) is 18.4 Å². The van der Waals surface area contributed by atoms with Crippen LogP contribution < -0.4 is 10.9 Å². The lowest BCUT2D eigenvalue weighted by Crippen LogP contribution is -2.44. The predicted octanol–water partition coefficient (Wildman–Crippen LogP) is 3.60. The van der Waals surface area contributed by atoms with Crippen molar-refractivity contribution < 1.29 is 23.2 Å². The van der Waals surface area contributed by atoms with Crippen LogP contribution in [0.3, 0.4) is 0 Å². The van der Waals surface area contributed by atoms with Gasteiger partial charge in [0.05, 0.1) is 25.4 Å². The highest BCUT2D eigenvalue weighted by atomic mass is 16.5. The number of carbonyl (C=O) groups excluding carboxylic acids is 2. The van der Waals surface area contributed by atoms with Crippen molar-refractivity contribution in [1.29, 1.82) is 0 Å². The van der Waals surface area contributed by atoms with Crippen molar-refractivity contribution in [2.75, 3.05) is 7.11 Å². The van der Waals surface area contributed by atoms with Crippen LogP contribution in [-0.2, 0) is 27.2 Å². The number of ether oxygens (including phenoxy) is 1.